The molecular formula is C33H33F2N3O. The number of H-pyrrole nitrogens is 1. The minimum Gasteiger partial charge on any atom is -0.356 e. The highest BCUT2D eigenvalue weighted by Crippen LogP contribution is 2.53. The Balaban J connectivity index is 1.43. The van der Waals surface area contributed by atoms with Gasteiger partial charge in [0.1, 0.15) is 11.6 Å². The molecule has 2 heterocycles. The van der Waals surface area contributed by atoms with Crippen LogP contribution >= 0.6 is 0 Å². The maximum atomic E-state index is 14.3. The third-order valence-electron chi connectivity index (χ3n) is 9.04. The van der Waals surface area contributed by atoms with E-state index in [2.05, 4.69) is 9.88 Å². The molecule has 6 rings (SSSR count). The van der Waals surface area contributed by atoms with Crippen molar-refractivity contribution in [1.29, 1.82) is 0 Å². The van der Waals surface area contributed by atoms with E-state index in [9.17, 15) is 13.6 Å². The molecular weight excluding hydrogens is 492 g/mol. The smallest absolute Gasteiger partial charge is 0.247 e. The number of fused-ring (bicyclic) bond motifs is 4. The van der Waals surface area contributed by atoms with Gasteiger partial charge in [-0.15, -0.1) is 0 Å². The summed E-state index contributed by atoms with van der Waals surface area (Å²) in [6, 6.07) is 21.6. The van der Waals surface area contributed by atoms with Crippen molar-refractivity contribution in [3.8, 4) is 0 Å². The summed E-state index contributed by atoms with van der Waals surface area (Å²) in [5.74, 6) is -0.532. The van der Waals surface area contributed by atoms with E-state index in [1.807, 2.05) is 61.5 Å². The van der Waals surface area contributed by atoms with Crippen molar-refractivity contribution >= 4 is 22.9 Å². The Morgan fingerprint density at radius 2 is 1.67 bits per heavy atom. The molecule has 0 radical (unpaired) electrons. The van der Waals surface area contributed by atoms with Crippen molar-refractivity contribution in [2.75, 3.05) is 20.6 Å². The number of nitrogens with one attached hydrogen (secondary N) is 1. The van der Waals surface area contributed by atoms with Crippen molar-refractivity contribution in [3.63, 3.8) is 0 Å². The molecule has 1 N–H and O–H groups in total. The van der Waals surface area contributed by atoms with Gasteiger partial charge in [-0.05, 0) is 99.3 Å². The van der Waals surface area contributed by atoms with Gasteiger partial charge in [-0.2, -0.15) is 0 Å². The van der Waals surface area contributed by atoms with Gasteiger partial charge in [-0.25, -0.2) is 8.78 Å². The third kappa shape index (κ3) is 4.27. The lowest BCUT2D eigenvalue weighted by Crippen LogP contribution is -2.58. The van der Waals surface area contributed by atoms with Crippen molar-refractivity contribution in [3.05, 3.63) is 113 Å². The molecule has 3 aromatic carbocycles. The molecule has 0 saturated heterocycles. The zero-order valence-corrected chi connectivity index (χ0v) is 22.4. The fraction of sp³-hybridized carbons (Fsp3) is 0.303. The number of benzene rings is 3. The number of nitrogens with zero attached hydrogens (tertiary/aromatic N) is 2. The van der Waals surface area contributed by atoms with E-state index in [4.69, 9.17) is 0 Å². The Morgan fingerprint density at radius 1 is 0.923 bits per heavy atom. The van der Waals surface area contributed by atoms with Crippen molar-refractivity contribution in [2.24, 2.45) is 0 Å². The number of aromatic nitrogens is 1. The summed E-state index contributed by atoms with van der Waals surface area (Å²) >= 11 is 0. The number of amides is 1. The zero-order chi connectivity index (χ0) is 27.2. The summed E-state index contributed by atoms with van der Waals surface area (Å²) in [6.07, 6.45) is 7.10. The number of halogens is 2. The van der Waals surface area contributed by atoms with Crippen LogP contribution in [-0.4, -0.2) is 41.3 Å². The minimum absolute atomic E-state index is 0.0301. The maximum Gasteiger partial charge on any atom is 0.247 e. The molecule has 200 valence electrons. The molecule has 4 nitrogen and oxygen atoms in total. The second kappa shape index (κ2) is 9.76. The summed E-state index contributed by atoms with van der Waals surface area (Å²) in [7, 11) is 4.10. The molecule has 0 bridgehead atoms. The zero-order valence-electron chi connectivity index (χ0n) is 22.4. The Morgan fingerprint density at radius 3 is 2.38 bits per heavy atom. The molecule has 0 atom stereocenters. The quantitative estimate of drug-likeness (QED) is 0.299. The summed E-state index contributed by atoms with van der Waals surface area (Å²) in [5.41, 5.74) is 4.03. The van der Waals surface area contributed by atoms with E-state index in [-0.39, 0.29) is 23.1 Å². The van der Waals surface area contributed by atoms with Crippen LogP contribution in [0, 0.1) is 11.6 Å². The molecule has 39 heavy (non-hydrogen) atoms. The van der Waals surface area contributed by atoms with Crippen LogP contribution < -0.4 is 0 Å². The molecule has 0 unspecified atom stereocenters. The highest BCUT2D eigenvalue weighted by atomic mass is 19.1. The van der Waals surface area contributed by atoms with E-state index in [0.717, 1.165) is 46.1 Å². The SMILES string of the molecule is CN(C)[C@]1(c2cccc(F)c2)CC[C@]2(CC1)c1[nH]c3ccc(F)cc3c1CCN2C(=O)/C=C/c1ccccc1. The van der Waals surface area contributed by atoms with Crippen LogP contribution in [0.4, 0.5) is 8.78 Å². The maximum absolute atomic E-state index is 14.3. The number of rotatable bonds is 4. The second-order valence-corrected chi connectivity index (χ2v) is 11.1. The second-order valence-electron chi connectivity index (χ2n) is 11.1. The van der Waals surface area contributed by atoms with Crippen LogP contribution in [0.1, 0.15) is 48.1 Å². The van der Waals surface area contributed by atoms with Crippen molar-refractivity contribution < 1.29 is 13.6 Å². The van der Waals surface area contributed by atoms with E-state index in [1.54, 1.807) is 30.3 Å². The van der Waals surface area contributed by atoms with E-state index >= 15 is 0 Å². The van der Waals surface area contributed by atoms with Crippen LogP contribution in [0.2, 0.25) is 0 Å². The molecule has 1 aromatic heterocycles. The van der Waals surface area contributed by atoms with E-state index in [0.29, 0.717) is 25.8 Å². The van der Waals surface area contributed by atoms with Gasteiger partial charge in [0.2, 0.25) is 5.91 Å². The van der Waals surface area contributed by atoms with E-state index < -0.39 is 5.54 Å². The lowest BCUT2D eigenvalue weighted by atomic mass is 9.65. The molecule has 2 aliphatic rings. The van der Waals surface area contributed by atoms with Crippen LogP contribution in [0.3, 0.4) is 0 Å². The average Bonchev–Trinajstić information content (AvgIpc) is 3.32. The summed E-state index contributed by atoms with van der Waals surface area (Å²) < 4.78 is 28.6. The number of hydrogen-bond acceptors (Lipinski definition) is 2. The Bertz CT molecular complexity index is 1550. The first-order valence-corrected chi connectivity index (χ1v) is 13.6. The van der Waals surface area contributed by atoms with Gasteiger partial charge in [0.05, 0.1) is 5.54 Å². The van der Waals surface area contributed by atoms with Gasteiger partial charge in [-0.3, -0.25) is 9.69 Å². The summed E-state index contributed by atoms with van der Waals surface area (Å²) in [5, 5.41) is 0.894. The fourth-order valence-electron chi connectivity index (χ4n) is 6.96. The lowest BCUT2D eigenvalue weighted by molar-refractivity contribution is -0.137. The number of carbonyl (C=O) groups is 1. The molecule has 1 aliphatic heterocycles. The lowest BCUT2D eigenvalue weighted by Gasteiger charge is -2.55. The number of carbonyl (C=O) groups excluding carboxylic acids is 1. The predicted molar refractivity (Wildman–Crippen MR) is 151 cm³/mol. The molecule has 1 fully saturated rings. The monoisotopic (exact) mass is 525 g/mol. The van der Waals surface area contributed by atoms with Crippen molar-refractivity contribution in [1.82, 2.24) is 14.8 Å². The normalized spacial score (nSPS) is 23.2. The molecule has 1 saturated carbocycles. The highest BCUT2D eigenvalue weighted by molar-refractivity contribution is 5.93. The summed E-state index contributed by atoms with van der Waals surface area (Å²) in [6.45, 7) is 0.559. The molecule has 1 spiro atoms. The molecule has 1 amide bonds. The van der Waals surface area contributed by atoms with Crippen LogP contribution in [0.25, 0.3) is 17.0 Å². The first-order valence-electron chi connectivity index (χ1n) is 13.6. The number of aromatic amines is 1. The standard InChI is InChI=1S/C33H33F2N3O/c1-37(2)32(24-9-6-10-25(34)21-24)16-18-33(19-17-32)31-27(28-22-26(35)12-13-29(28)36-31)15-20-38(33)30(39)14-11-23-7-4-3-5-8-23/h3-14,21-22,36H,15-20H2,1-2H3/b14-11+/t32-,33+. The first kappa shape index (κ1) is 25.5. The number of hydrogen-bond donors (Lipinski definition) is 1. The Hall–Kier alpha value is -3.77. The van der Waals surface area contributed by atoms with Gasteiger partial charge in [0.15, 0.2) is 0 Å². The van der Waals surface area contributed by atoms with Gasteiger partial charge in [-0.1, -0.05) is 42.5 Å². The van der Waals surface area contributed by atoms with Gasteiger partial charge in [0, 0.05) is 34.8 Å². The topological polar surface area (TPSA) is 39.3 Å². The average molecular weight is 526 g/mol. The van der Waals surface area contributed by atoms with Gasteiger partial charge >= 0.3 is 0 Å². The van der Waals surface area contributed by atoms with Crippen LogP contribution in [0.5, 0.6) is 0 Å². The van der Waals surface area contributed by atoms with Crippen molar-refractivity contribution in [2.45, 2.75) is 43.2 Å². The first-order chi connectivity index (χ1) is 18.8. The van der Waals surface area contributed by atoms with Gasteiger partial charge in [0.25, 0.3) is 0 Å². The largest absolute Gasteiger partial charge is 0.356 e. The predicted octanol–water partition coefficient (Wildman–Crippen LogP) is 6.77. The Kier molecular flexibility index (Phi) is 6.38. The third-order valence-corrected chi connectivity index (χ3v) is 9.04. The van der Waals surface area contributed by atoms with E-state index in [1.165, 1.54) is 12.1 Å². The molecule has 6 heteroatoms. The molecule has 4 aromatic rings. The minimum atomic E-state index is -0.561. The van der Waals surface area contributed by atoms with Crippen LogP contribution in [0.15, 0.2) is 78.9 Å². The van der Waals surface area contributed by atoms with Gasteiger partial charge < -0.3 is 9.88 Å². The fourth-order valence-corrected chi connectivity index (χ4v) is 6.96. The molecule has 1 aliphatic carbocycles. The highest BCUT2D eigenvalue weighted by Gasteiger charge is 2.52. The van der Waals surface area contributed by atoms with Crippen LogP contribution in [-0.2, 0) is 22.3 Å². The Labute approximate surface area is 227 Å². The summed E-state index contributed by atoms with van der Waals surface area (Å²) in [4.78, 5) is 21.7.